The average molecular weight is 190 g/mol. The van der Waals surface area contributed by atoms with Crippen molar-refractivity contribution in [3.05, 3.63) is 29.8 Å². The number of para-hydroxylation sites is 1. The molecule has 14 heavy (non-hydrogen) atoms. The highest BCUT2D eigenvalue weighted by Gasteiger charge is 2.31. The summed E-state index contributed by atoms with van der Waals surface area (Å²) in [6.07, 6.45) is 0.840. The molecule has 1 aliphatic heterocycles. The number of nitrogens with two attached hydrogens (primary N) is 1. The number of hydrogen-bond donors (Lipinski definition) is 2. The Labute approximate surface area is 83.3 Å². The molecule has 0 aliphatic carbocycles. The van der Waals surface area contributed by atoms with Crippen molar-refractivity contribution in [3.8, 4) is 0 Å². The van der Waals surface area contributed by atoms with Gasteiger partial charge in [0.2, 0.25) is 5.91 Å². The largest absolute Gasteiger partial charge is 0.398 e. The van der Waals surface area contributed by atoms with Gasteiger partial charge in [-0.1, -0.05) is 18.2 Å². The zero-order valence-corrected chi connectivity index (χ0v) is 8.16. The number of rotatable bonds is 1. The Morgan fingerprint density at radius 3 is 2.71 bits per heavy atom. The molecule has 3 nitrogen and oxygen atoms in total. The molecule has 3 N–H and O–H groups in total. The maximum atomic E-state index is 11.6. The van der Waals surface area contributed by atoms with E-state index in [0.29, 0.717) is 5.69 Å². The second-order valence-corrected chi connectivity index (χ2v) is 3.83. The maximum Gasteiger partial charge on any atom is 0.227 e. The number of hydrogen-bond acceptors (Lipinski definition) is 2. The first-order valence-corrected chi connectivity index (χ1v) is 4.83. The molecule has 1 aliphatic rings. The molecule has 1 fully saturated rings. The summed E-state index contributed by atoms with van der Waals surface area (Å²) in [7, 11) is 0. The molecule has 2 atom stereocenters. The van der Waals surface area contributed by atoms with Crippen LogP contribution < -0.4 is 11.1 Å². The monoisotopic (exact) mass is 190 g/mol. The van der Waals surface area contributed by atoms with Crippen LogP contribution in [0, 0.1) is 0 Å². The lowest BCUT2D eigenvalue weighted by molar-refractivity contribution is -0.120. The Kier molecular flexibility index (Phi) is 2.15. The molecular formula is C11H14N2O. The molecule has 74 valence electrons. The van der Waals surface area contributed by atoms with Gasteiger partial charge in [-0.05, 0) is 25.0 Å². The van der Waals surface area contributed by atoms with Gasteiger partial charge < -0.3 is 11.1 Å². The summed E-state index contributed by atoms with van der Waals surface area (Å²) in [6, 6.07) is 7.83. The second kappa shape index (κ2) is 3.33. The Balaban J connectivity index is 2.32. The molecule has 3 heteroatoms. The number of anilines is 1. The van der Waals surface area contributed by atoms with E-state index >= 15 is 0 Å². The van der Waals surface area contributed by atoms with Gasteiger partial charge in [-0.3, -0.25) is 4.79 Å². The highest BCUT2D eigenvalue weighted by atomic mass is 16.2. The van der Waals surface area contributed by atoms with Crippen LogP contribution in [0.1, 0.15) is 24.8 Å². The first-order chi connectivity index (χ1) is 6.68. The molecule has 1 aromatic rings. The smallest absolute Gasteiger partial charge is 0.227 e. The van der Waals surface area contributed by atoms with Crippen LogP contribution in [0.15, 0.2) is 24.3 Å². The van der Waals surface area contributed by atoms with Crippen LogP contribution in [0.4, 0.5) is 5.69 Å². The fourth-order valence-corrected chi connectivity index (χ4v) is 1.96. The fourth-order valence-electron chi connectivity index (χ4n) is 1.96. The van der Waals surface area contributed by atoms with E-state index in [-0.39, 0.29) is 17.9 Å². The van der Waals surface area contributed by atoms with Crippen molar-refractivity contribution in [1.82, 2.24) is 5.32 Å². The first-order valence-electron chi connectivity index (χ1n) is 4.83. The molecule has 2 rings (SSSR count). The van der Waals surface area contributed by atoms with E-state index in [0.717, 1.165) is 12.0 Å². The third kappa shape index (κ3) is 1.45. The summed E-state index contributed by atoms with van der Waals surface area (Å²) in [4.78, 5) is 11.6. The van der Waals surface area contributed by atoms with Crippen molar-refractivity contribution >= 4 is 11.6 Å². The Hall–Kier alpha value is -1.51. The number of amides is 1. The number of nitrogens with one attached hydrogen (secondary N) is 1. The third-order valence-corrected chi connectivity index (χ3v) is 2.67. The summed E-state index contributed by atoms with van der Waals surface area (Å²) in [5.41, 5.74) is 7.49. The minimum absolute atomic E-state index is 0.0637. The Bertz CT molecular complexity index is 362. The SMILES string of the molecule is C[C@@H]1C[C@@H](c2ccccc2N)C(=O)N1. The molecule has 0 saturated carbocycles. The minimum Gasteiger partial charge on any atom is -0.398 e. The van der Waals surface area contributed by atoms with Gasteiger partial charge >= 0.3 is 0 Å². The quantitative estimate of drug-likeness (QED) is 0.655. The van der Waals surface area contributed by atoms with Gasteiger partial charge in [-0.2, -0.15) is 0 Å². The normalized spacial score (nSPS) is 26.2. The standard InChI is InChI=1S/C11H14N2O/c1-7-6-9(11(14)13-7)8-4-2-3-5-10(8)12/h2-5,7,9H,6,12H2,1H3,(H,13,14)/t7-,9+/m1/s1. The Morgan fingerprint density at radius 1 is 1.43 bits per heavy atom. The zero-order valence-electron chi connectivity index (χ0n) is 8.16. The molecule has 0 bridgehead atoms. The van der Waals surface area contributed by atoms with Crippen LogP contribution >= 0.6 is 0 Å². The van der Waals surface area contributed by atoms with Gasteiger partial charge in [0.15, 0.2) is 0 Å². The molecule has 1 amide bonds. The Morgan fingerprint density at radius 2 is 2.14 bits per heavy atom. The lowest BCUT2D eigenvalue weighted by Gasteiger charge is -2.09. The summed E-state index contributed by atoms with van der Waals surface area (Å²) in [6.45, 7) is 2.01. The van der Waals surface area contributed by atoms with Crippen molar-refractivity contribution in [3.63, 3.8) is 0 Å². The number of carbonyl (C=O) groups excluding carboxylic acids is 1. The van der Waals surface area contributed by atoms with Gasteiger partial charge in [0.1, 0.15) is 0 Å². The van der Waals surface area contributed by atoms with Crippen LogP contribution in [0.3, 0.4) is 0 Å². The maximum absolute atomic E-state index is 11.6. The van der Waals surface area contributed by atoms with E-state index in [4.69, 9.17) is 5.73 Å². The zero-order chi connectivity index (χ0) is 10.1. The van der Waals surface area contributed by atoms with Crippen LogP contribution in [0.2, 0.25) is 0 Å². The van der Waals surface area contributed by atoms with Gasteiger partial charge in [-0.25, -0.2) is 0 Å². The molecule has 0 aromatic heterocycles. The van der Waals surface area contributed by atoms with E-state index in [9.17, 15) is 4.79 Å². The molecule has 0 unspecified atom stereocenters. The van der Waals surface area contributed by atoms with Crippen molar-refractivity contribution in [2.75, 3.05) is 5.73 Å². The first kappa shape index (κ1) is 9.06. The molecule has 1 saturated heterocycles. The van der Waals surface area contributed by atoms with Crippen molar-refractivity contribution in [2.24, 2.45) is 0 Å². The van der Waals surface area contributed by atoms with E-state index in [1.807, 2.05) is 31.2 Å². The van der Waals surface area contributed by atoms with E-state index < -0.39 is 0 Å². The topological polar surface area (TPSA) is 55.1 Å². The number of carbonyl (C=O) groups is 1. The highest BCUT2D eigenvalue weighted by molar-refractivity contribution is 5.87. The predicted octanol–water partition coefficient (Wildman–Crippen LogP) is 1.26. The van der Waals surface area contributed by atoms with Gasteiger partial charge in [0, 0.05) is 11.7 Å². The third-order valence-electron chi connectivity index (χ3n) is 2.67. The van der Waals surface area contributed by atoms with E-state index in [1.165, 1.54) is 0 Å². The second-order valence-electron chi connectivity index (χ2n) is 3.83. The fraction of sp³-hybridized carbons (Fsp3) is 0.364. The van der Waals surface area contributed by atoms with Crippen LogP contribution in [0.25, 0.3) is 0 Å². The summed E-state index contributed by atoms with van der Waals surface area (Å²) in [5, 5.41) is 2.90. The summed E-state index contributed by atoms with van der Waals surface area (Å²) < 4.78 is 0. The van der Waals surface area contributed by atoms with Gasteiger partial charge in [-0.15, -0.1) is 0 Å². The lowest BCUT2D eigenvalue weighted by Crippen LogP contribution is -2.23. The summed E-state index contributed by atoms with van der Waals surface area (Å²) >= 11 is 0. The van der Waals surface area contributed by atoms with Crippen molar-refractivity contribution in [1.29, 1.82) is 0 Å². The summed E-state index contributed by atoms with van der Waals surface area (Å²) in [5.74, 6) is 0.0293. The highest BCUT2D eigenvalue weighted by Crippen LogP contribution is 2.30. The number of nitrogen functional groups attached to an aromatic ring is 1. The predicted molar refractivity (Wildman–Crippen MR) is 55.8 cm³/mol. The number of benzene rings is 1. The molecule has 1 heterocycles. The average Bonchev–Trinajstić information content (AvgIpc) is 2.46. The van der Waals surface area contributed by atoms with Crippen molar-refractivity contribution in [2.45, 2.75) is 25.3 Å². The molecule has 1 aromatic carbocycles. The van der Waals surface area contributed by atoms with E-state index in [2.05, 4.69) is 5.32 Å². The van der Waals surface area contributed by atoms with Crippen molar-refractivity contribution < 1.29 is 4.79 Å². The molecule has 0 radical (unpaired) electrons. The lowest BCUT2D eigenvalue weighted by atomic mass is 9.95. The molecule has 0 spiro atoms. The van der Waals surface area contributed by atoms with Crippen LogP contribution in [0.5, 0.6) is 0 Å². The van der Waals surface area contributed by atoms with Crippen LogP contribution in [-0.2, 0) is 4.79 Å². The minimum atomic E-state index is -0.0637. The molecular weight excluding hydrogens is 176 g/mol. The van der Waals surface area contributed by atoms with Gasteiger partial charge in [0.25, 0.3) is 0 Å². The van der Waals surface area contributed by atoms with Crippen LogP contribution in [-0.4, -0.2) is 11.9 Å². The van der Waals surface area contributed by atoms with E-state index in [1.54, 1.807) is 0 Å². The van der Waals surface area contributed by atoms with Gasteiger partial charge in [0.05, 0.1) is 5.92 Å².